The normalized spacial score (nSPS) is 17.0. The van der Waals surface area contributed by atoms with Crippen LogP contribution in [0.2, 0.25) is 0 Å². The Hall–Kier alpha value is -4.35. The molecule has 10 nitrogen and oxygen atoms in total. The zero-order chi connectivity index (χ0) is 31.4. The molecule has 1 unspecified atom stereocenters. The average molecular weight is 591 g/mol. The Labute approximate surface area is 253 Å². The van der Waals surface area contributed by atoms with E-state index < -0.39 is 11.6 Å². The van der Waals surface area contributed by atoms with Gasteiger partial charge < -0.3 is 31.1 Å². The molecule has 1 aliphatic carbocycles. The number of carbonyl (C=O) groups is 2. The number of benzene rings is 1. The number of allylic oxidation sites excluding steroid dienone is 2. The van der Waals surface area contributed by atoms with Crippen LogP contribution in [-0.4, -0.2) is 77.4 Å². The topological polar surface area (TPSA) is 115 Å². The van der Waals surface area contributed by atoms with Gasteiger partial charge in [-0.2, -0.15) is 4.98 Å². The molecule has 0 aliphatic heterocycles. The number of hydrogen-bond donors (Lipinski definition) is 4. The fraction of sp³-hybridized carbons (Fsp3) is 0.375. The summed E-state index contributed by atoms with van der Waals surface area (Å²) in [6.07, 6.45) is 13.6. The number of halogens is 1. The van der Waals surface area contributed by atoms with Crippen LogP contribution in [0.15, 0.2) is 79.2 Å². The van der Waals surface area contributed by atoms with Crippen molar-refractivity contribution in [1.82, 2.24) is 30.4 Å². The van der Waals surface area contributed by atoms with E-state index in [9.17, 15) is 14.0 Å². The Kier molecular flexibility index (Phi) is 12.2. The molecule has 1 aliphatic rings. The third-order valence-corrected chi connectivity index (χ3v) is 6.76. The fourth-order valence-electron chi connectivity index (χ4n) is 4.37. The molecule has 11 heteroatoms. The number of nitrogens with zero attached hydrogens (tertiary/aromatic N) is 4. The molecule has 2 amide bonds. The van der Waals surface area contributed by atoms with Gasteiger partial charge in [0.2, 0.25) is 11.9 Å². The molecule has 43 heavy (non-hydrogen) atoms. The summed E-state index contributed by atoms with van der Waals surface area (Å²) in [5.41, 5.74) is 1.66. The Balaban J connectivity index is 1.64. The zero-order valence-electron chi connectivity index (χ0n) is 25.7. The quantitative estimate of drug-likeness (QED) is 0.181. The lowest BCUT2D eigenvalue weighted by Crippen LogP contribution is -2.48. The highest BCUT2D eigenvalue weighted by molar-refractivity contribution is 5.94. The lowest BCUT2D eigenvalue weighted by molar-refractivity contribution is -0.133. The third kappa shape index (κ3) is 10.2. The number of rotatable bonds is 15. The van der Waals surface area contributed by atoms with Gasteiger partial charge in [-0.05, 0) is 51.7 Å². The van der Waals surface area contributed by atoms with Crippen LogP contribution in [0, 0.1) is 5.82 Å². The predicted molar refractivity (Wildman–Crippen MR) is 170 cm³/mol. The van der Waals surface area contributed by atoms with Crippen molar-refractivity contribution < 1.29 is 14.0 Å². The molecule has 3 rings (SSSR count). The van der Waals surface area contributed by atoms with Gasteiger partial charge in [0.15, 0.2) is 0 Å². The minimum absolute atomic E-state index is 0.280. The van der Waals surface area contributed by atoms with E-state index in [1.807, 2.05) is 44.1 Å². The van der Waals surface area contributed by atoms with E-state index in [2.05, 4.69) is 44.7 Å². The lowest BCUT2D eigenvalue weighted by Gasteiger charge is -2.32. The van der Waals surface area contributed by atoms with Gasteiger partial charge in [0.05, 0.1) is 0 Å². The second-order valence-electron chi connectivity index (χ2n) is 10.9. The molecule has 4 N–H and O–H groups in total. The molecule has 1 heterocycles. The van der Waals surface area contributed by atoms with Crippen LogP contribution in [0.5, 0.6) is 0 Å². The number of aromatic nitrogens is 2. The van der Waals surface area contributed by atoms with Crippen molar-refractivity contribution in [1.29, 1.82) is 0 Å². The molecule has 0 saturated carbocycles. The monoisotopic (exact) mass is 590 g/mol. The van der Waals surface area contributed by atoms with Gasteiger partial charge in [-0.15, -0.1) is 6.58 Å². The van der Waals surface area contributed by atoms with Gasteiger partial charge in [0, 0.05) is 67.9 Å². The van der Waals surface area contributed by atoms with E-state index in [4.69, 9.17) is 0 Å². The molecule has 2 aromatic rings. The number of nitrogens with one attached hydrogen (secondary N) is 4. The number of hydrogen-bond acceptors (Lipinski definition) is 8. The summed E-state index contributed by atoms with van der Waals surface area (Å²) in [6, 6.07) is 5.30. The molecule has 1 aromatic heterocycles. The van der Waals surface area contributed by atoms with Gasteiger partial charge in [-0.25, -0.2) is 9.37 Å². The molecule has 0 spiro atoms. The van der Waals surface area contributed by atoms with Crippen molar-refractivity contribution in [3.05, 3.63) is 90.6 Å². The number of amides is 2. The summed E-state index contributed by atoms with van der Waals surface area (Å²) in [5, 5.41) is 12.9. The van der Waals surface area contributed by atoms with E-state index in [-0.39, 0.29) is 17.6 Å². The molecule has 0 bridgehead atoms. The second kappa shape index (κ2) is 15.8. The summed E-state index contributed by atoms with van der Waals surface area (Å²) >= 11 is 0. The average Bonchev–Trinajstić information content (AvgIpc) is 2.95. The summed E-state index contributed by atoms with van der Waals surface area (Å²) in [7, 11) is 5.40. The highest BCUT2D eigenvalue weighted by atomic mass is 19.1. The van der Waals surface area contributed by atoms with Crippen LogP contribution in [0.4, 0.5) is 21.8 Å². The van der Waals surface area contributed by atoms with E-state index in [1.165, 1.54) is 29.2 Å². The van der Waals surface area contributed by atoms with Crippen LogP contribution in [0.1, 0.15) is 32.3 Å². The zero-order valence-corrected chi connectivity index (χ0v) is 25.7. The van der Waals surface area contributed by atoms with Crippen molar-refractivity contribution in [2.24, 2.45) is 0 Å². The number of anilines is 3. The molecule has 2 atom stereocenters. The first-order valence-electron chi connectivity index (χ1n) is 14.3. The lowest BCUT2D eigenvalue weighted by atomic mass is 9.91. The number of carbonyl (C=O) groups excluding carboxylic acids is 2. The van der Waals surface area contributed by atoms with E-state index in [0.717, 1.165) is 18.5 Å². The van der Waals surface area contributed by atoms with E-state index in [0.29, 0.717) is 42.7 Å². The minimum Gasteiger partial charge on any atom is -0.370 e. The molecule has 1 aromatic carbocycles. The van der Waals surface area contributed by atoms with Crippen molar-refractivity contribution >= 4 is 29.3 Å². The predicted octanol–water partition coefficient (Wildman–Crippen LogP) is 4.12. The maximum absolute atomic E-state index is 13.6. The van der Waals surface area contributed by atoms with Crippen molar-refractivity contribution in [3.63, 3.8) is 0 Å². The van der Waals surface area contributed by atoms with Crippen LogP contribution in [-0.2, 0) is 16.1 Å². The molecular formula is C32H43FN8O2. The van der Waals surface area contributed by atoms with E-state index in [1.54, 1.807) is 31.5 Å². The standard InChI is InChI=1S/C32H43FN8O2/c1-7-17-34-29-23(21-35-31(39-29)38-25-13-9-12-24(33)19-25)22-36-32(3)16-10-14-26(20-32)37-30(43)27(8-2)41(6)28(42)15-11-18-40(4)5/h8-16,19,21,27,36H,2,7,17-18,20,22H2,1,3-6H3,(H,37,43)(H2,34,35,38,39)/b15-11+/t27-,32?/m0/s1. The summed E-state index contributed by atoms with van der Waals surface area (Å²) in [5.74, 6) is 0.0751. The van der Waals surface area contributed by atoms with E-state index >= 15 is 0 Å². The van der Waals surface area contributed by atoms with Gasteiger partial charge in [-0.3, -0.25) is 9.59 Å². The maximum Gasteiger partial charge on any atom is 0.250 e. The highest BCUT2D eigenvalue weighted by Crippen LogP contribution is 2.24. The van der Waals surface area contributed by atoms with Crippen molar-refractivity contribution in [3.8, 4) is 0 Å². The first-order chi connectivity index (χ1) is 20.5. The molecule has 0 radical (unpaired) electrons. The molecule has 230 valence electrons. The van der Waals surface area contributed by atoms with Crippen molar-refractivity contribution in [2.75, 3.05) is 44.9 Å². The highest BCUT2D eigenvalue weighted by Gasteiger charge is 2.28. The first kappa shape index (κ1) is 33.2. The largest absolute Gasteiger partial charge is 0.370 e. The summed E-state index contributed by atoms with van der Waals surface area (Å²) < 4.78 is 13.6. The molecular weight excluding hydrogens is 547 g/mol. The van der Waals surface area contributed by atoms with Crippen LogP contribution >= 0.6 is 0 Å². The fourth-order valence-corrected chi connectivity index (χ4v) is 4.37. The summed E-state index contributed by atoms with van der Waals surface area (Å²) in [4.78, 5) is 38.1. The third-order valence-electron chi connectivity index (χ3n) is 6.76. The van der Waals surface area contributed by atoms with Gasteiger partial charge in [0.25, 0.3) is 5.91 Å². The second-order valence-corrected chi connectivity index (χ2v) is 10.9. The summed E-state index contributed by atoms with van der Waals surface area (Å²) in [6.45, 7) is 9.69. The number of likely N-dealkylation sites (N-methyl/N-ethyl adjacent to an activating group) is 2. The van der Waals surface area contributed by atoms with Gasteiger partial charge in [-0.1, -0.05) is 37.3 Å². The first-order valence-corrected chi connectivity index (χ1v) is 14.3. The minimum atomic E-state index is -0.827. The Morgan fingerprint density at radius 3 is 2.74 bits per heavy atom. The van der Waals surface area contributed by atoms with Gasteiger partial charge >= 0.3 is 0 Å². The SMILES string of the molecule is C=C[C@@H](C(=O)NC1=CC=CC(C)(NCc2cnc(Nc3cccc(F)c3)nc2NCCC)C1)N(C)C(=O)/C=C/CN(C)C. The Bertz CT molecular complexity index is 1370. The van der Waals surface area contributed by atoms with Crippen LogP contribution < -0.4 is 21.3 Å². The molecule has 0 fully saturated rings. The Morgan fingerprint density at radius 2 is 2.05 bits per heavy atom. The van der Waals surface area contributed by atoms with Gasteiger partial charge in [0.1, 0.15) is 17.7 Å². The maximum atomic E-state index is 13.6. The molecule has 0 saturated heterocycles. The smallest absolute Gasteiger partial charge is 0.250 e. The van der Waals surface area contributed by atoms with Crippen LogP contribution in [0.3, 0.4) is 0 Å². The van der Waals surface area contributed by atoms with Crippen LogP contribution in [0.25, 0.3) is 0 Å². The Morgan fingerprint density at radius 1 is 1.26 bits per heavy atom. The van der Waals surface area contributed by atoms with Crippen molar-refractivity contribution in [2.45, 2.75) is 44.8 Å².